The third-order valence-corrected chi connectivity index (χ3v) is 10.2. The first-order valence-electron chi connectivity index (χ1n) is 13.3. The van der Waals surface area contributed by atoms with Crippen LogP contribution >= 0.6 is 0 Å². The lowest BCUT2D eigenvalue weighted by atomic mass is 9.44. The van der Waals surface area contributed by atoms with Gasteiger partial charge in [-0.1, -0.05) is 27.2 Å². The van der Waals surface area contributed by atoms with Crippen molar-refractivity contribution in [3.05, 3.63) is 0 Å². The number of aliphatic carboxylic acids is 1. The molecular formula is C28H46O6. The van der Waals surface area contributed by atoms with E-state index in [2.05, 4.69) is 25.5 Å². The summed E-state index contributed by atoms with van der Waals surface area (Å²) in [5.41, 5.74) is -0.682. The molecule has 4 fully saturated rings. The average molecular weight is 479 g/mol. The highest BCUT2D eigenvalue weighted by Gasteiger charge is 2.60. The highest BCUT2D eigenvalue weighted by Crippen LogP contribution is 2.67. The van der Waals surface area contributed by atoms with Gasteiger partial charge in [0.05, 0.1) is 0 Å². The Hall–Kier alpha value is -1.43. The number of carboxylic acid groups (broad SMARTS) is 1. The smallest absolute Gasteiger partial charge is 0.341 e. The van der Waals surface area contributed by atoms with Crippen LogP contribution in [-0.4, -0.2) is 40.1 Å². The number of hydrogen-bond donors (Lipinski definition) is 2. The van der Waals surface area contributed by atoms with E-state index in [0.717, 1.165) is 29.6 Å². The molecule has 34 heavy (non-hydrogen) atoms. The minimum absolute atomic E-state index is 0.332. The van der Waals surface area contributed by atoms with Crippen molar-refractivity contribution in [1.29, 1.82) is 0 Å². The SMILES string of the molecule is CC(=O)C1CCC2C3CCC4CC(C)CCC4(C)C3CCC12C.CC(C)(O)C(=O)OCC(=O)O. The van der Waals surface area contributed by atoms with Crippen LogP contribution in [0, 0.1) is 46.3 Å². The number of carbonyl (C=O) groups excluding carboxylic acids is 2. The number of Topliss-reactive ketones (excluding diaryl/α,β-unsaturated/α-hetero) is 1. The summed E-state index contributed by atoms with van der Waals surface area (Å²) < 4.78 is 4.18. The molecule has 0 aromatic rings. The molecular weight excluding hydrogens is 432 g/mol. The Kier molecular flexibility index (Phi) is 7.91. The van der Waals surface area contributed by atoms with Gasteiger partial charge in [0.15, 0.2) is 12.2 Å². The number of aliphatic hydroxyl groups is 1. The van der Waals surface area contributed by atoms with E-state index in [1.54, 1.807) is 0 Å². The van der Waals surface area contributed by atoms with Gasteiger partial charge in [0.1, 0.15) is 5.78 Å². The zero-order valence-corrected chi connectivity index (χ0v) is 22.1. The van der Waals surface area contributed by atoms with Gasteiger partial charge in [0, 0.05) is 5.92 Å². The fourth-order valence-corrected chi connectivity index (χ4v) is 8.44. The third-order valence-electron chi connectivity index (χ3n) is 10.2. The minimum Gasteiger partial charge on any atom is -0.479 e. The quantitative estimate of drug-likeness (QED) is 0.535. The number of fused-ring (bicyclic) bond motifs is 5. The van der Waals surface area contributed by atoms with Crippen LogP contribution in [0.5, 0.6) is 0 Å². The van der Waals surface area contributed by atoms with E-state index >= 15 is 0 Å². The molecule has 4 aliphatic carbocycles. The minimum atomic E-state index is -1.63. The van der Waals surface area contributed by atoms with E-state index in [4.69, 9.17) is 10.2 Å². The molecule has 0 aliphatic heterocycles. The fraction of sp³-hybridized carbons (Fsp3) is 0.893. The normalized spacial score (nSPS) is 41.1. The summed E-state index contributed by atoms with van der Waals surface area (Å²) in [5, 5.41) is 17.0. The monoisotopic (exact) mass is 478 g/mol. The first kappa shape index (κ1) is 27.2. The van der Waals surface area contributed by atoms with Gasteiger partial charge in [-0.3, -0.25) is 4.79 Å². The average Bonchev–Trinajstić information content (AvgIpc) is 3.09. The molecule has 0 amide bonds. The van der Waals surface area contributed by atoms with Crippen LogP contribution in [0.4, 0.5) is 0 Å². The number of hydrogen-bond acceptors (Lipinski definition) is 5. The Balaban J connectivity index is 0.000000252. The van der Waals surface area contributed by atoms with Gasteiger partial charge in [-0.2, -0.15) is 0 Å². The molecule has 0 aromatic carbocycles. The van der Waals surface area contributed by atoms with Crippen LogP contribution in [-0.2, 0) is 19.1 Å². The predicted octanol–water partition coefficient (Wildman–Crippen LogP) is 5.26. The van der Waals surface area contributed by atoms with Crippen molar-refractivity contribution < 1.29 is 29.3 Å². The summed E-state index contributed by atoms with van der Waals surface area (Å²) in [4.78, 5) is 32.7. The standard InChI is InChI=1S/C22H36O.C6H10O5/c1-14-9-11-21(3)16(13-14)5-6-17-19-8-7-18(15(2)23)22(19,4)12-10-20(17)21;1-6(2,10)5(9)11-3-4(7)8/h14,16-20H,5-13H2,1-4H3;10H,3H2,1-2H3,(H,7,8). The maximum Gasteiger partial charge on any atom is 0.341 e. The number of esters is 1. The van der Waals surface area contributed by atoms with Crippen molar-refractivity contribution in [2.45, 2.75) is 105 Å². The molecule has 6 heteroatoms. The Morgan fingerprint density at radius 1 is 0.941 bits per heavy atom. The Morgan fingerprint density at radius 3 is 2.15 bits per heavy atom. The molecule has 0 bridgehead atoms. The lowest BCUT2D eigenvalue weighted by Crippen LogP contribution is -2.53. The molecule has 8 unspecified atom stereocenters. The Bertz CT molecular complexity index is 784. The van der Waals surface area contributed by atoms with Crippen LogP contribution in [0.15, 0.2) is 0 Å². The van der Waals surface area contributed by atoms with Crippen LogP contribution in [0.3, 0.4) is 0 Å². The third kappa shape index (κ3) is 5.22. The lowest BCUT2D eigenvalue weighted by molar-refractivity contribution is -0.167. The van der Waals surface area contributed by atoms with Crippen LogP contribution < -0.4 is 0 Å². The number of rotatable bonds is 4. The Labute approximate surface area is 205 Å². The van der Waals surface area contributed by atoms with E-state index in [9.17, 15) is 14.4 Å². The van der Waals surface area contributed by atoms with Gasteiger partial charge in [-0.05, 0) is 113 Å². The number of ketones is 1. The van der Waals surface area contributed by atoms with E-state index in [1.807, 2.05) is 6.92 Å². The molecule has 0 spiro atoms. The molecule has 4 saturated carbocycles. The lowest BCUT2D eigenvalue weighted by Gasteiger charge is -2.61. The van der Waals surface area contributed by atoms with E-state index in [1.165, 1.54) is 71.6 Å². The van der Waals surface area contributed by atoms with Gasteiger partial charge in [0.25, 0.3) is 0 Å². The zero-order valence-electron chi connectivity index (χ0n) is 22.1. The maximum absolute atomic E-state index is 12.2. The predicted molar refractivity (Wildman–Crippen MR) is 130 cm³/mol. The van der Waals surface area contributed by atoms with Crippen molar-refractivity contribution in [3.8, 4) is 0 Å². The van der Waals surface area contributed by atoms with E-state index in [-0.39, 0.29) is 0 Å². The topological polar surface area (TPSA) is 101 Å². The second kappa shape index (κ2) is 9.91. The summed E-state index contributed by atoms with van der Waals surface area (Å²) in [7, 11) is 0. The van der Waals surface area contributed by atoms with Gasteiger partial charge in [-0.15, -0.1) is 0 Å². The van der Waals surface area contributed by atoms with Gasteiger partial charge >= 0.3 is 11.9 Å². The van der Waals surface area contributed by atoms with Crippen molar-refractivity contribution in [1.82, 2.24) is 0 Å². The first-order valence-corrected chi connectivity index (χ1v) is 13.3. The second-order valence-electron chi connectivity index (χ2n) is 12.9. The van der Waals surface area contributed by atoms with Crippen molar-refractivity contribution >= 4 is 17.7 Å². The molecule has 0 aromatic heterocycles. The molecule has 4 aliphatic rings. The van der Waals surface area contributed by atoms with Crippen LogP contribution in [0.25, 0.3) is 0 Å². The van der Waals surface area contributed by atoms with Gasteiger partial charge < -0.3 is 14.9 Å². The summed E-state index contributed by atoms with van der Waals surface area (Å²) in [6.45, 7) is 11.2. The fourth-order valence-electron chi connectivity index (χ4n) is 8.44. The summed E-state index contributed by atoms with van der Waals surface area (Å²) >= 11 is 0. The number of carbonyl (C=O) groups is 3. The molecule has 0 heterocycles. The maximum atomic E-state index is 12.2. The molecule has 2 N–H and O–H groups in total. The zero-order chi connectivity index (χ0) is 25.5. The van der Waals surface area contributed by atoms with Gasteiger partial charge in [-0.25, -0.2) is 9.59 Å². The molecule has 8 atom stereocenters. The molecule has 0 saturated heterocycles. The van der Waals surface area contributed by atoms with E-state index < -0.39 is 24.1 Å². The summed E-state index contributed by atoms with van der Waals surface area (Å²) in [5.74, 6) is 3.30. The summed E-state index contributed by atoms with van der Waals surface area (Å²) in [6, 6.07) is 0. The Morgan fingerprint density at radius 2 is 1.56 bits per heavy atom. The summed E-state index contributed by atoms with van der Waals surface area (Å²) in [6.07, 6.45) is 12.6. The first-order chi connectivity index (χ1) is 15.7. The molecule has 0 radical (unpaired) electrons. The van der Waals surface area contributed by atoms with E-state index in [0.29, 0.717) is 22.5 Å². The van der Waals surface area contributed by atoms with Gasteiger partial charge in [0.2, 0.25) is 0 Å². The van der Waals surface area contributed by atoms with Crippen molar-refractivity contribution in [2.24, 2.45) is 46.3 Å². The second-order valence-corrected chi connectivity index (χ2v) is 12.9. The van der Waals surface area contributed by atoms with Crippen molar-refractivity contribution in [2.75, 3.05) is 6.61 Å². The van der Waals surface area contributed by atoms with Crippen LogP contribution in [0.1, 0.15) is 99.3 Å². The number of ether oxygens (including phenoxy) is 1. The van der Waals surface area contributed by atoms with Crippen molar-refractivity contribution in [3.63, 3.8) is 0 Å². The number of carboxylic acids is 1. The molecule has 4 rings (SSSR count). The highest BCUT2D eigenvalue weighted by molar-refractivity contribution is 5.81. The van der Waals surface area contributed by atoms with Crippen LogP contribution in [0.2, 0.25) is 0 Å². The largest absolute Gasteiger partial charge is 0.479 e. The molecule has 194 valence electrons. The highest BCUT2D eigenvalue weighted by atomic mass is 16.6. The molecule has 6 nitrogen and oxygen atoms in total.